The van der Waals surface area contributed by atoms with E-state index in [1.807, 2.05) is 31.0 Å². The summed E-state index contributed by atoms with van der Waals surface area (Å²) in [4.78, 5) is 0. The van der Waals surface area contributed by atoms with E-state index >= 15 is 0 Å². The number of nitrogens with zero attached hydrogens (tertiary/aromatic N) is 2. The highest BCUT2D eigenvalue weighted by atomic mass is 19.1. The maximum absolute atomic E-state index is 13.5. The highest BCUT2D eigenvalue weighted by molar-refractivity contribution is 5.70. The standard InChI is InChI=1S/C16H22FN3/c1-16(2,3)15-14(10-20(5)19-15)13-7-6-12(17)8-11(13)9-18-4/h6-8,10,18H,9H2,1-5H3. The van der Waals surface area contributed by atoms with Crippen LogP contribution in [-0.4, -0.2) is 16.8 Å². The summed E-state index contributed by atoms with van der Waals surface area (Å²) in [6.07, 6.45) is 2.01. The zero-order valence-electron chi connectivity index (χ0n) is 12.8. The van der Waals surface area contributed by atoms with Gasteiger partial charge in [-0.1, -0.05) is 26.8 Å². The van der Waals surface area contributed by atoms with E-state index in [4.69, 9.17) is 0 Å². The lowest BCUT2D eigenvalue weighted by molar-refractivity contribution is 0.554. The van der Waals surface area contributed by atoms with Gasteiger partial charge in [0.25, 0.3) is 0 Å². The van der Waals surface area contributed by atoms with E-state index in [2.05, 4.69) is 31.2 Å². The first-order valence-corrected chi connectivity index (χ1v) is 6.80. The first-order valence-electron chi connectivity index (χ1n) is 6.80. The molecule has 108 valence electrons. The van der Waals surface area contributed by atoms with Crippen LogP contribution in [-0.2, 0) is 19.0 Å². The Kier molecular flexibility index (Phi) is 3.95. The van der Waals surface area contributed by atoms with Crippen LogP contribution in [0.3, 0.4) is 0 Å². The predicted octanol–water partition coefficient (Wildman–Crippen LogP) is 3.24. The van der Waals surface area contributed by atoms with Crippen LogP contribution in [0.1, 0.15) is 32.0 Å². The SMILES string of the molecule is CNCc1cc(F)ccc1-c1cn(C)nc1C(C)(C)C. The number of aryl methyl sites for hydroxylation is 1. The fraction of sp³-hybridized carbons (Fsp3) is 0.438. The first-order chi connectivity index (χ1) is 9.32. The summed E-state index contributed by atoms with van der Waals surface area (Å²) in [5, 5.41) is 7.68. The lowest BCUT2D eigenvalue weighted by Crippen LogP contribution is -2.14. The Morgan fingerprint density at radius 1 is 1.25 bits per heavy atom. The second-order valence-electron chi connectivity index (χ2n) is 6.15. The molecule has 20 heavy (non-hydrogen) atoms. The molecule has 0 saturated heterocycles. The second-order valence-corrected chi connectivity index (χ2v) is 6.15. The average Bonchev–Trinajstić information content (AvgIpc) is 2.72. The van der Waals surface area contributed by atoms with Crippen LogP contribution < -0.4 is 5.32 Å². The van der Waals surface area contributed by atoms with Crippen LogP contribution in [0, 0.1) is 5.82 Å². The smallest absolute Gasteiger partial charge is 0.123 e. The van der Waals surface area contributed by atoms with Gasteiger partial charge in [-0.05, 0) is 30.3 Å². The quantitative estimate of drug-likeness (QED) is 0.932. The van der Waals surface area contributed by atoms with Gasteiger partial charge in [-0.3, -0.25) is 4.68 Å². The molecule has 0 fully saturated rings. The van der Waals surface area contributed by atoms with Gasteiger partial charge in [0.1, 0.15) is 5.82 Å². The fourth-order valence-corrected chi connectivity index (χ4v) is 2.40. The van der Waals surface area contributed by atoms with Gasteiger partial charge in [-0.15, -0.1) is 0 Å². The monoisotopic (exact) mass is 275 g/mol. The third-order valence-corrected chi connectivity index (χ3v) is 3.26. The van der Waals surface area contributed by atoms with E-state index in [0.717, 1.165) is 22.4 Å². The van der Waals surface area contributed by atoms with E-state index in [1.54, 1.807) is 6.07 Å². The summed E-state index contributed by atoms with van der Waals surface area (Å²) in [5.41, 5.74) is 4.04. The summed E-state index contributed by atoms with van der Waals surface area (Å²) in [7, 11) is 3.78. The van der Waals surface area contributed by atoms with Gasteiger partial charge in [-0.2, -0.15) is 5.10 Å². The molecule has 0 bridgehead atoms. The van der Waals surface area contributed by atoms with Crippen molar-refractivity contribution in [2.24, 2.45) is 7.05 Å². The van der Waals surface area contributed by atoms with Gasteiger partial charge >= 0.3 is 0 Å². The van der Waals surface area contributed by atoms with Crippen LogP contribution in [0.4, 0.5) is 4.39 Å². The summed E-state index contributed by atoms with van der Waals surface area (Å²) < 4.78 is 15.3. The molecule has 1 aromatic carbocycles. The maximum atomic E-state index is 13.5. The zero-order chi connectivity index (χ0) is 14.9. The normalized spacial score (nSPS) is 11.9. The molecule has 1 heterocycles. The highest BCUT2D eigenvalue weighted by Crippen LogP contribution is 2.33. The molecule has 0 radical (unpaired) electrons. The number of halogens is 1. The van der Waals surface area contributed by atoms with Crippen molar-refractivity contribution in [2.45, 2.75) is 32.7 Å². The number of hydrogen-bond acceptors (Lipinski definition) is 2. The third-order valence-electron chi connectivity index (χ3n) is 3.26. The van der Waals surface area contributed by atoms with Gasteiger partial charge in [0.15, 0.2) is 0 Å². The van der Waals surface area contributed by atoms with Crippen molar-refractivity contribution in [2.75, 3.05) is 7.05 Å². The molecule has 0 aliphatic carbocycles. The zero-order valence-corrected chi connectivity index (χ0v) is 12.8. The average molecular weight is 275 g/mol. The Bertz CT molecular complexity index is 609. The molecule has 0 unspecified atom stereocenters. The number of benzene rings is 1. The second kappa shape index (κ2) is 5.37. The number of hydrogen-bond donors (Lipinski definition) is 1. The maximum Gasteiger partial charge on any atom is 0.123 e. The van der Waals surface area contributed by atoms with Crippen LogP contribution in [0.5, 0.6) is 0 Å². The van der Waals surface area contributed by atoms with Crippen molar-refractivity contribution >= 4 is 0 Å². The van der Waals surface area contributed by atoms with Crippen molar-refractivity contribution in [1.82, 2.24) is 15.1 Å². The van der Waals surface area contributed by atoms with Gasteiger partial charge < -0.3 is 5.32 Å². The van der Waals surface area contributed by atoms with E-state index in [-0.39, 0.29) is 11.2 Å². The van der Waals surface area contributed by atoms with Crippen LogP contribution in [0.2, 0.25) is 0 Å². The molecule has 3 nitrogen and oxygen atoms in total. The summed E-state index contributed by atoms with van der Waals surface area (Å²) >= 11 is 0. The van der Waals surface area contributed by atoms with E-state index in [0.29, 0.717) is 6.54 Å². The lowest BCUT2D eigenvalue weighted by Gasteiger charge is -2.19. The van der Waals surface area contributed by atoms with Gasteiger partial charge in [0.05, 0.1) is 5.69 Å². The number of nitrogens with one attached hydrogen (secondary N) is 1. The van der Waals surface area contributed by atoms with E-state index in [1.165, 1.54) is 6.07 Å². The Labute approximate surface area is 119 Å². The minimum atomic E-state index is -0.208. The van der Waals surface area contributed by atoms with Gasteiger partial charge in [0.2, 0.25) is 0 Å². The molecule has 2 rings (SSSR count). The van der Waals surface area contributed by atoms with Crippen LogP contribution in [0.25, 0.3) is 11.1 Å². The summed E-state index contributed by atoms with van der Waals surface area (Å²) in [6.45, 7) is 7.05. The minimum Gasteiger partial charge on any atom is -0.316 e. The molecule has 0 aliphatic heterocycles. The largest absolute Gasteiger partial charge is 0.316 e. The van der Waals surface area contributed by atoms with E-state index in [9.17, 15) is 4.39 Å². The Morgan fingerprint density at radius 2 is 1.95 bits per heavy atom. The Hall–Kier alpha value is -1.68. The molecule has 1 aromatic heterocycles. The topological polar surface area (TPSA) is 29.9 Å². The first kappa shape index (κ1) is 14.7. The van der Waals surface area contributed by atoms with Crippen molar-refractivity contribution in [1.29, 1.82) is 0 Å². The molecule has 0 aliphatic rings. The minimum absolute atomic E-state index is 0.0537. The molecule has 0 atom stereocenters. The van der Waals surface area contributed by atoms with Crippen molar-refractivity contribution < 1.29 is 4.39 Å². The fourth-order valence-electron chi connectivity index (χ4n) is 2.40. The van der Waals surface area contributed by atoms with Crippen molar-refractivity contribution in [3.8, 4) is 11.1 Å². The third kappa shape index (κ3) is 2.90. The molecule has 0 amide bonds. The van der Waals surface area contributed by atoms with Gasteiger partial charge in [0, 0.05) is 30.8 Å². The van der Waals surface area contributed by atoms with Crippen molar-refractivity contribution in [3.63, 3.8) is 0 Å². The molecule has 1 N–H and O–H groups in total. The predicted molar refractivity (Wildman–Crippen MR) is 80.1 cm³/mol. The number of rotatable bonds is 3. The van der Waals surface area contributed by atoms with Crippen LogP contribution >= 0.6 is 0 Å². The number of aromatic nitrogens is 2. The molecule has 0 saturated carbocycles. The molecule has 2 aromatic rings. The Morgan fingerprint density at radius 3 is 2.55 bits per heavy atom. The lowest BCUT2D eigenvalue weighted by atomic mass is 9.86. The highest BCUT2D eigenvalue weighted by Gasteiger charge is 2.23. The van der Waals surface area contributed by atoms with Crippen molar-refractivity contribution in [3.05, 3.63) is 41.5 Å². The summed E-state index contributed by atoms with van der Waals surface area (Å²) in [5.74, 6) is -0.208. The molecule has 0 spiro atoms. The van der Waals surface area contributed by atoms with Crippen LogP contribution in [0.15, 0.2) is 24.4 Å². The summed E-state index contributed by atoms with van der Waals surface area (Å²) in [6, 6.07) is 4.94. The van der Waals surface area contributed by atoms with E-state index < -0.39 is 0 Å². The van der Waals surface area contributed by atoms with Gasteiger partial charge in [-0.25, -0.2) is 4.39 Å². The molecular weight excluding hydrogens is 253 g/mol. The Balaban J connectivity index is 2.62. The molecular formula is C16H22FN3. The molecule has 4 heteroatoms.